The van der Waals surface area contributed by atoms with Gasteiger partial charge in [0.05, 0.1) is 7.11 Å². The molecule has 1 aromatic rings. The number of hydrogen-bond donors (Lipinski definition) is 2. The molecule has 1 heterocycles. The number of methoxy groups -OCH3 is 1. The van der Waals surface area contributed by atoms with Gasteiger partial charge in [-0.2, -0.15) is 0 Å². The Balaban J connectivity index is 2.10. The van der Waals surface area contributed by atoms with E-state index in [1.807, 2.05) is 25.1 Å². The molecule has 1 unspecified atom stereocenters. The van der Waals surface area contributed by atoms with Gasteiger partial charge in [-0.3, -0.25) is 4.79 Å². The number of amides is 1. The van der Waals surface area contributed by atoms with E-state index in [-0.39, 0.29) is 11.9 Å². The van der Waals surface area contributed by atoms with Crippen molar-refractivity contribution in [2.45, 2.75) is 32.2 Å². The van der Waals surface area contributed by atoms with Gasteiger partial charge in [0, 0.05) is 12.2 Å². The van der Waals surface area contributed by atoms with E-state index in [9.17, 15) is 4.79 Å². The Kier molecular flexibility index (Phi) is 4.07. The zero-order valence-electron chi connectivity index (χ0n) is 11.0. The smallest absolute Gasteiger partial charge is 0.242 e. The van der Waals surface area contributed by atoms with Crippen LogP contribution in [0.25, 0.3) is 0 Å². The normalized spacial score (nSPS) is 19.9. The van der Waals surface area contributed by atoms with Crippen LogP contribution in [0.4, 0.5) is 5.69 Å². The highest BCUT2D eigenvalue weighted by Gasteiger charge is 2.20. The fourth-order valence-electron chi connectivity index (χ4n) is 2.19. The van der Waals surface area contributed by atoms with Gasteiger partial charge in [-0.15, -0.1) is 0 Å². The zero-order chi connectivity index (χ0) is 13.0. The Hall–Kier alpha value is -1.71. The number of nitrogens with one attached hydrogen (secondary N) is 2. The summed E-state index contributed by atoms with van der Waals surface area (Å²) in [6.45, 7) is 2.80. The molecule has 1 fully saturated rings. The van der Waals surface area contributed by atoms with Crippen molar-refractivity contribution in [2.75, 3.05) is 19.0 Å². The number of hydrogen-bond acceptors (Lipinski definition) is 3. The summed E-state index contributed by atoms with van der Waals surface area (Å²) >= 11 is 0. The van der Waals surface area contributed by atoms with Crippen LogP contribution in [0.15, 0.2) is 18.2 Å². The molecule has 4 nitrogen and oxygen atoms in total. The number of rotatable bonds is 3. The van der Waals surface area contributed by atoms with Crippen molar-refractivity contribution in [3.05, 3.63) is 23.8 Å². The van der Waals surface area contributed by atoms with Crippen LogP contribution in [0, 0.1) is 6.92 Å². The highest BCUT2D eigenvalue weighted by atomic mass is 16.5. The summed E-state index contributed by atoms with van der Waals surface area (Å²) in [5, 5.41) is 6.25. The standard InChI is InChI=1S/C14H20N2O2/c1-10-9-11(18-2)6-7-12(10)16-13-5-3-4-8-15-14(13)17/h6-7,9,13,16H,3-5,8H2,1-2H3,(H,15,17). The van der Waals surface area contributed by atoms with Gasteiger partial charge in [-0.05, 0) is 49.9 Å². The van der Waals surface area contributed by atoms with Gasteiger partial charge in [0.25, 0.3) is 0 Å². The minimum absolute atomic E-state index is 0.0997. The van der Waals surface area contributed by atoms with E-state index in [1.165, 1.54) is 0 Å². The van der Waals surface area contributed by atoms with Crippen LogP contribution in [0.1, 0.15) is 24.8 Å². The van der Waals surface area contributed by atoms with Gasteiger partial charge >= 0.3 is 0 Å². The molecule has 0 spiro atoms. The summed E-state index contributed by atoms with van der Waals surface area (Å²) in [7, 11) is 1.65. The second-order valence-electron chi connectivity index (χ2n) is 4.66. The van der Waals surface area contributed by atoms with Crippen molar-refractivity contribution in [3.8, 4) is 5.75 Å². The Bertz CT molecular complexity index is 432. The summed E-state index contributed by atoms with van der Waals surface area (Å²) in [5.41, 5.74) is 2.09. The topological polar surface area (TPSA) is 50.4 Å². The summed E-state index contributed by atoms with van der Waals surface area (Å²) in [6.07, 6.45) is 3.02. The highest BCUT2D eigenvalue weighted by Crippen LogP contribution is 2.22. The zero-order valence-corrected chi connectivity index (χ0v) is 11.0. The molecule has 1 aliphatic rings. The Morgan fingerprint density at radius 2 is 2.22 bits per heavy atom. The Morgan fingerprint density at radius 3 is 2.94 bits per heavy atom. The lowest BCUT2D eigenvalue weighted by Gasteiger charge is -2.18. The summed E-state index contributed by atoms with van der Waals surface area (Å²) in [6, 6.07) is 5.72. The number of anilines is 1. The second-order valence-corrected chi connectivity index (χ2v) is 4.66. The average molecular weight is 248 g/mol. The van der Waals surface area contributed by atoms with E-state index in [2.05, 4.69) is 10.6 Å². The quantitative estimate of drug-likeness (QED) is 0.861. The van der Waals surface area contributed by atoms with E-state index in [4.69, 9.17) is 4.74 Å². The van der Waals surface area contributed by atoms with E-state index >= 15 is 0 Å². The first-order chi connectivity index (χ1) is 8.70. The molecule has 0 aliphatic carbocycles. The van der Waals surface area contributed by atoms with Crippen LogP contribution in [0.2, 0.25) is 0 Å². The number of carbonyl (C=O) groups excluding carboxylic acids is 1. The third-order valence-corrected chi connectivity index (χ3v) is 3.30. The van der Waals surface area contributed by atoms with Crippen LogP contribution in [-0.4, -0.2) is 25.6 Å². The maximum Gasteiger partial charge on any atom is 0.242 e. The number of ether oxygens (including phenoxy) is 1. The third-order valence-electron chi connectivity index (χ3n) is 3.30. The maximum atomic E-state index is 11.9. The monoisotopic (exact) mass is 248 g/mol. The fourth-order valence-corrected chi connectivity index (χ4v) is 2.19. The summed E-state index contributed by atoms with van der Waals surface area (Å²) in [4.78, 5) is 11.9. The first kappa shape index (κ1) is 12.7. The van der Waals surface area contributed by atoms with E-state index in [1.54, 1.807) is 7.11 Å². The molecule has 0 radical (unpaired) electrons. The van der Waals surface area contributed by atoms with Gasteiger partial charge in [0.15, 0.2) is 0 Å². The van der Waals surface area contributed by atoms with Crippen molar-refractivity contribution in [2.24, 2.45) is 0 Å². The molecular weight excluding hydrogens is 228 g/mol. The first-order valence-electron chi connectivity index (χ1n) is 6.39. The van der Waals surface area contributed by atoms with Crippen molar-refractivity contribution in [3.63, 3.8) is 0 Å². The Morgan fingerprint density at radius 1 is 1.39 bits per heavy atom. The van der Waals surface area contributed by atoms with Crippen molar-refractivity contribution in [1.82, 2.24) is 5.32 Å². The minimum Gasteiger partial charge on any atom is -0.497 e. The number of carbonyl (C=O) groups is 1. The van der Waals surface area contributed by atoms with Gasteiger partial charge in [0.1, 0.15) is 11.8 Å². The number of benzene rings is 1. The van der Waals surface area contributed by atoms with Crippen molar-refractivity contribution in [1.29, 1.82) is 0 Å². The van der Waals surface area contributed by atoms with Gasteiger partial charge in [-0.25, -0.2) is 0 Å². The van der Waals surface area contributed by atoms with Crippen LogP contribution in [0.5, 0.6) is 5.75 Å². The summed E-state index contributed by atoms with van der Waals surface area (Å²) in [5.74, 6) is 0.936. The molecule has 1 atom stereocenters. The minimum atomic E-state index is -0.125. The molecule has 1 saturated heterocycles. The van der Waals surface area contributed by atoms with Gasteiger partial charge in [0.2, 0.25) is 5.91 Å². The Labute approximate surface area is 108 Å². The molecule has 2 rings (SSSR count). The molecule has 0 saturated carbocycles. The largest absolute Gasteiger partial charge is 0.497 e. The first-order valence-corrected chi connectivity index (χ1v) is 6.39. The SMILES string of the molecule is COc1ccc(NC2CCCCNC2=O)c(C)c1. The molecule has 1 aromatic carbocycles. The molecule has 0 bridgehead atoms. The van der Waals surface area contributed by atoms with E-state index in [0.29, 0.717) is 0 Å². The van der Waals surface area contributed by atoms with Crippen molar-refractivity contribution >= 4 is 11.6 Å². The number of aryl methyl sites for hydroxylation is 1. The van der Waals surface area contributed by atoms with Crippen LogP contribution in [-0.2, 0) is 4.79 Å². The predicted octanol–water partition coefficient (Wildman–Crippen LogP) is 2.08. The molecule has 0 aromatic heterocycles. The molecule has 4 heteroatoms. The van der Waals surface area contributed by atoms with Crippen LogP contribution in [0.3, 0.4) is 0 Å². The average Bonchev–Trinajstić information content (AvgIpc) is 2.57. The van der Waals surface area contributed by atoms with Crippen LogP contribution < -0.4 is 15.4 Å². The third kappa shape index (κ3) is 2.94. The van der Waals surface area contributed by atoms with Gasteiger partial charge in [-0.1, -0.05) is 0 Å². The molecule has 2 N–H and O–H groups in total. The van der Waals surface area contributed by atoms with Crippen molar-refractivity contribution < 1.29 is 9.53 Å². The molecule has 18 heavy (non-hydrogen) atoms. The lowest BCUT2D eigenvalue weighted by atomic mass is 10.1. The molecule has 98 valence electrons. The predicted molar refractivity (Wildman–Crippen MR) is 72.0 cm³/mol. The molecule has 1 aliphatic heterocycles. The van der Waals surface area contributed by atoms with Crippen LogP contribution >= 0.6 is 0 Å². The van der Waals surface area contributed by atoms with Gasteiger partial charge < -0.3 is 15.4 Å². The van der Waals surface area contributed by atoms with E-state index < -0.39 is 0 Å². The van der Waals surface area contributed by atoms with E-state index in [0.717, 1.165) is 42.8 Å². The lowest BCUT2D eigenvalue weighted by Crippen LogP contribution is -2.38. The maximum absolute atomic E-state index is 11.9. The fraction of sp³-hybridized carbons (Fsp3) is 0.500. The second kappa shape index (κ2) is 5.76. The highest BCUT2D eigenvalue weighted by molar-refractivity contribution is 5.85. The summed E-state index contributed by atoms with van der Waals surface area (Å²) < 4.78 is 5.17. The lowest BCUT2D eigenvalue weighted by molar-refractivity contribution is -0.121. The molecule has 1 amide bonds. The molecular formula is C14H20N2O2.